The summed E-state index contributed by atoms with van der Waals surface area (Å²) in [7, 11) is 0. The number of aliphatic hydroxyl groups excluding tert-OH is 1. The Hall–Kier alpha value is -1.13. The molecule has 17 heavy (non-hydrogen) atoms. The van der Waals surface area contributed by atoms with Crippen LogP contribution in [-0.4, -0.2) is 39.6 Å². The molecular formula is C12H17ClN2O2. The van der Waals surface area contributed by atoms with Crippen LogP contribution in [0.4, 0.5) is 0 Å². The van der Waals surface area contributed by atoms with Crippen molar-refractivity contribution in [3.8, 4) is 0 Å². The molecule has 0 aliphatic heterocycles. The predicted octanol–water partition coefficient (Wildman–Crippen LogP) is 1.97. The Balaban J connectivity index is 2.92. The van der Waals surface area contributed by atoms with E-state index in [0.29, 0.717) is 10.7 Å². The molecule has 0 bridgehead atoms. The van der Waals surface area contributed by atoms with Gasteiger partial charge in [0.05, 0.1) is 6.10 Å². The zero-order valence-corrected chi connectivity index (χ0v) is 11.0. The monoisotopic (exact) mass is 256 g/mol. The van der Waals surface area contributed by atoms with Crippen molar-refractivity contribution in [3.05, 3.63) is 29.0 Å². The first kappa shape index (κ1) is 13.9. The van der Waals surface area contributed by atoms with E-state index in [0.717, 1.165) is 0 Å². The lowest BCUT2D eigenvalue weighted by Crippen LogP contribution is -2.41. The van der Waals surface area contributed by atoms with Crippen molar-refractivity contribution in [2.24, 2.45) is 0 Å². The van der Waals surface area contributed by atoms with Crippen molar-refractivity contribution < 1.29 is 9.90 Å². The minimum Gasteiger partial charge on any atom is -0.392 e. The minimum atomic E-state index is -0.569. The van der Waals surface area contributed by atoms with Crippen molar-refractivity contribution in [1.82, 2.24) is 9.88 Å². The third-order valence-corrected chi connectivity index (χ3v) is 2.52. The molecule has 0 fully saturated rings. The molecule has 1 unspecified atom stereocenters. The fourth-order valence-electron chi connectivity index (χ4n) is 1.48. The Labute approximate surface area is 106 Å². The van der Waals surface area contributed by atoms with Gasteiger partial charge in [-0.3, -0.25) is 9.78 Å². The van der Waals surface area contributed by atoms with Crippen LogP contribution in [0.15, 0.2) is 18.3 Å². The maximum Gasteiger partial charge on any atom is 0.272 e. The fourth-order valence-corrected chi connectivity index (χ4v) is 1.64. The Morgan fingerprint density at radius 2 is 2.18 bits per heavy atom. The van der Waals surface area contributed by atoms with Gasteiger partial charge in [0.25, 0.3) is 5.91 Å². The molecule has 1 aromatic rings. The van der Waals surface area contributed by atoms with Crippen LogP contribution in [0.2, 0.25) is 5.02 Å². The van der Waals surface area contributed by atoms with Crippen molar-refractivity contribution in [2.75, 3.05) is 6.54 Å². The van der Waals surface area contributed by atoms with Crippen molar-refractivity contribution >= 4 is 17.5 Å². The summed E-state index contributed by atoms with van der Waals surface area (Å²) in [6.07, 6.45) is 0.928. The summed E-state index contributed by atoms with van der Waals surface area (Å²) in [5.74, 6) is -0.219. The van der Waals surface area contributed by atoms with Crippen molar-refractivity contribution in [2.45, 2.75) is 32.9 Å². The number of aromatic nitrogens is 1. The molecule has 1 N–H and O–H groups in total. The first-order chi connectivity index (χ1) is 7.91. The molecule has 0 aromatic carbocycles. The van der Waals surface area contributed by atoms with Crippen LogP contribution in [0, 0.1) is 0 Å². The average Bonchev–Trinajstić information content (AvgIpc) is 2.24. The van der Waals surface area contributed by atoms with Crippen LogP contribution in [0.25, 0.3) is 0 Å². The number of rotatable bonds is 4. The summed E-state index contributed by atoms with van der Waals surface area (Å²) in [6, 6.07) is 3.14. The van der Waals surface area contributed by atoms with Gasteiger partial charge < -0.3 is 10.0 Å². The molecule has 1 amide bonds. The maximum atomic E-state index is 12.2. The zero-order valence-electron chi connectivity index (χ0n) is 10.2. The molecule has 0 saturated heterocycles. The van der Waals surface area contributed by atoms with Gasteiger partial charge in [-0.15, -0.1) is 0 Å². The van der Waals surface area contributed by atoms with E-state index in [1.807, 2.05) is 13.8 Å². The molecule has 94 valence electrons. The van der Waals surface area contributed by atoms with E-state index in [4.69, 9.17) is 11.6 Å². The number of hydrogen-bond acceptors (Lipinski definition) is 3. The van der Waals surface area contributed by atoms with Gasteiger partial charge in [-0.05, 0) is 32.9 Å². The Bertz CT molecular complexity index is 394. The highest BCUT2D eigenvalue weighted by molar-refractivity contribution is 6.30. The predicted molar refractivity (Wildman–Crippen MR) is 67.1 cm³/mol. The normalized spacial score (nSPS) is 12.6. The number of aliphatic hydroxyl groups is 1. The highest BCUT2D eigenvalue weighted by Gasteiger charge is 2.21. The van der Waals surface area contributed by atoms with Gasteiger partial charge >= 0.3 is 0 Å². The van der Waals surface area contributed by atoms with Crippen molar-refractivity contribution in [3.63, 3.8) is 0 Å². The summed E-state index contributed by atoms with van der Waals surface area (Å²) in [4.78, 5) is 17.7. The summed E-state index contributed by atoms with van der Waals surface area (Å²) < 4.78 is 0. The lowest BCUT2D eigenvalue weighted by molar-refractivity contribution is 0.0573. The number of carbonyl (C=O) groups is 1. The first-order valence-corrected chi connectivity index (χ1v) is 5.90. The molecule has 4 nitrogen and oxygen atoms in total. The Morgan fingerprint density at radius 1 is 1.53 bits per heavy atom. The van der Waals surface area contributed by atoms with E-state index < -0.39 is 6.10 Å². The quantitative estimate of drug-likeness (QED) is 0.896. The number of pyridine rings is 1. The summed E-state index contributed by atoms with van der Waals surface area (Å²) in [5.41, 5.74) is 0.298. The average molecular weight is 257 g/mol. The lowest BCUT2D eigenvalue weighted by atomic mass is 10.2. The third kappa shape index (κ3) is 3.98. The molecule has 0 saturated carbocycles. The summed E-state index contributed by atoms with van der Waals surface area (Å²) in [6.45, 7) is 5.72. The minimum absolute atomic E-state index is 0.00196. The highest BCUT2D eigenvalue weighted by atomic mass is 35.5. The van der Waals surface area contributed by atoms with E-state index in [9.17, 15) is 9.90 Å². The topological polar surface area (TPSA) is 53.4 Å². The molecule has 1 aromatic heterocycles. The molecule has 0 aliphatic rings. The molecule has 1 heterocycles. The second-order valence-electron chi connectivity index (χ2n) is 4.26. The molecule has 1 atom stereocenters. The third-order valence-electron chi connectivity index (χ3n) is 2.29. The number of amides is 1. The fraction of sp³-hybridized carbons (Fsp3) is 0.500. The first-order valence-electron chi connectivity index (χ1n) is 5.52. The maximum absolute atomic E-state index is 12.2. The standard InChI is InChI=1S/C12H17ClN2O2/c1-8(2)15(7-9(3)16)12(17)11-6-10(13)4-5-14-11/h4-6,8-9,16H,7H2,1-3H3. The van der Waals surface area contributed by atoms with Crippen LogP contribution >= 0.6 is 11.6 Å². The SMILES string of the molecule is CC(O)CN(C(=O)c1cc(Cl)ccn1)C(C)C. The van der Waals surface area contributed by atoms with Gasteiger partial charge in [0.15, 0.2) is 0 Å². The second kappa shape index (κ2) is 5.98. The molecular weight excluding hydrogens is 240 g/mol. The van der Waals surface area contributed by atoms with Gasteiger partial charge in [-0.25, -0.2) is 0 Å². The zero-order chi connectivity index (χ0) is 13.0. The van der Waals surface area contributed by atoms with Gasteiger partial charge in [0, 0.05) is 23.8 Å². The molecule has 5 heteroatoms. The number of hydrogen-bond donors (Lipinski definition) is 1. The van der Waals surface area contributed by atoms with Gasteiger partial charge in [-0.1, -0.05) is 11.6 Å². The van der Waals surface area contributed by atoms with E-state index in [-0.39, 0.29) is 18.5 Å². The second-order valence-corrected chi connectivity index (χ2v) is 4.70. The van der Waals surface area contributed by atoms with E-state index >= 15 is 0 Å². The van der Waals surface area contributed by atoms with E-state index in [1.165, 1.54) is 12.3 Å². The number of nitrogens with zero attached hydrogens (tertiary/aromatic N) is 2. The summed E-state index contributed by atoms with van der Waals surface area (Å²) in [5, 5.41) is 9.86. The van der Waals surface area contributed by atoms with Crippen molar-refractivity contribution in [1.29, 1.82) is 0 Å². The van der Waals surface area contributed by atoms with E-state index in [1.54, 1.807) is 17.9 Å². The number of halogens is 1. The Morgan fingerprint density at radius 3 is 2.65 bits per heavy atom. The largest absolute Gasteiger partial charge is 0.392 e. The van der Waals surface area contributed by atoms with Crippen LogP contribution in [0.1, 0.15) is 31.3 Å². The number of carbonyl (C=O) groups excluding carboxylic acids is 1. The van der Waals surface area contributed by atoms with Crippen LogP contribution in [-0.2, 0) is 0 Å². The summed E-state index contributed by atoms with van der Waals surface area (Å²) >= 11 is 5.82. The molecule has 1 rings (SSSR count). The molecule has 0 aliphatic carbocycles. The van der Waals surface area contributed by atoms with Crippen LogP contribution in [0.5, 0.6) is 0 Å². The van der Waals surface area contributed by atoms with Gasteiger partial charge in [0.1, 0.15) is 5.69 Å². The molecule has 0 radical (unpaired) electrons. The van der Waals surface area contributed by atoms with E-state index in [2.05, 4.69) is 4.98 Å². The lowest BCUT2D eigenvalue weighted by Gasteiger charge is -2.27. The van der Waals surface area contributed by atoms with Gasteiger partial charge in [-0.2, -0.15) is 0 Å². The van der Waals surface area contributed by atoms with Crippen LogP contribution < -0.4 is 0 Å². The Kier molecular flexibility index (Phi) is 4.90. The van der Waals surface area contributed by atoms with Crippen LogP contribution in [0.3, 0.4) is 0 Å². The smallest absolute Gasteiger partial charge is 0.272 e. The van der Waals surface area contributed by atoms with Gasteiger partial charge in [0.2, 0.25) is 0 Å². The molecule has 0 spiro atoms. The highest BCUT2D eigenvalue weighted by Crippen LogP contribution is 2.12.